The Morgan fingerprint density at radius 3 is 2.27 bits per heavy atom. The van der Waals surface area contributed by atoms with Gasteiger partial charge in [-0.2, -0.15) is 22.7 Å². The summed E-state index contributed by atoms with van der Waals surface area (Å²) >= 11 is 0. The van der Waals surface area contributed by atoms with Crippen molar-refractivity contribution in [1.82, 2.24) is 10.2 Å². The van der Waals surface area contributed by atoms with E-state index in [0.717, 1.165) is 0 Å². The van der Waals surface area contributed by atoms with Crippen LogP contribution in [-0.2, 0) is 0 Å². The van der Waals surface area contributed by atoms with Crippen molar-refractivity contribution in [3.63, 3.8) is 0 Å². The zero-order valence-corrected chi connectivity index (χ0v) is 17.5. The standard InChI is InChI=1S/C25H21F4N3O/c26-24-20-14-18(8-11-22(20)31-32-24)23(17-6-9-19(10-7-17)33-13-12-30)21(15-25(27,28)29)16-4-2-1-3-5-16/h1-11,14H,12-13,15,30H2,(H,31,32). The molecule has 3 N–H and O–H groups in total. The summed E-state index contributed by atoms with van der Waals surface area (Å²) in [7, 11) is 0. The molecule has 0 atom stereocenters. The number of alkyl halides is 3. The lowest BCUT2D eigenvalue weighted by molar-refractivity contribution is -0.122. The fraction of sp³-hybridized carbons (Fsp3) is 0.160. The topological polar surface area (TPSA) is 63.9 Å². The van der Waals surface area contributed by atoms with Crippen LogP contribution < -0.4 is 10.5 Å². The Morgan fingerprint density at radius 1 is 0.909 bits per heavy atom. The van der Waals surface area contributed by atoms with Crippen LogP contribution in [0.5, 0.6) is 5.75 Å². The number of hydrogen-bond donors (Lipinski definition) is 2. The second-order valence-electron chi connectivity index (χ2n) is 7.44. The maximum atomic E-state index is 14.2. The van der Waals surface area contributed by atoms with Crippen LogP contribution in [-0.4, -0.2) is 29.5 Å². The number of halogens is 4. The first-order chi connectivity index (χ1) is 15.9. The number of nitrogens with zero attached hydrogens (tertiary/aromatic N) is 1. The summed E-state index contributed by atoms with van der Waals surface area (Å²) in [4.78, 5) is 0. The van der Waals surface area contributed by atoms with E-state index in [1.54, 1.807) is 66.7 Å². The summed E-state index contributed by atoms with van der Waals surface area (Å²) in [5.41, 5.74) is 7.71. The minimum atomic E-state index is -4.45. The van der Waals surface area contributed by atoms with Crippen LogP contribution in [0.15, 0.2) is 72.8 Å². The second-order valence-corrected chi connectivity index (χ2v) is 7.44. The van der Waals surface area contributed by atoms with Gasteiger partial charge in [0.2, 0.25) is 5.95 Å². The Hall–Kier alpha value is -3.65. The highest BCUT2D eigenvalue weighted by molar-refractivity contribution is 6.00. The molecular weight excluding hydrogens is 434 g/mol. The van der Waals surface area contributed by atoms with E-state index < -0.39 is 18.5 Å². The van der Waals surface area contributed by atoms with Gasteiger partial charge in [-0.15, -0.1) is 0 Å². The number of benzene rings is 3. The first-order valence-electron chi connectivity index (χ1n) is 10.3. The number of nitrogens with one attached hydrogen (secondary N) is 1. The number of nitrogens with two attached hydrogens (primary N) is 1. The van der Waals surface area contributed by atoms with Gasteiger partial charge in [0, 0.05) is 6.54 Å². The molecule has 0 spiro atoms. The number of aromatic amines is 1. The molecule has 0 saturated carbocycles. The minimum Gasteiger partial charge on any atom is -0.492 e. The first kappa shape index (κ1) is 22.5. The fourth-order valence-corrected chi connectivity index (χ4v) is 3.72. The molecular formula is C25H21F4N3O. The van der Waals surface area contributed by atoms with Gasteiger partial charge < -0.3 is 10.5 Å². The van der Waals surface area contributed by atoms with Crippen molar-refractivity contribution in [1.29, 1.82) is 0 Å². The molecule has 4 aromatic rings. The van der Waals surface area contributed by atoms with Crippen LogP contribution in [0.25, 0.3) is 22.0 Å². The molecule has 4 nitrogen and oxygen atoms in total. The van der Waals surface area contributed by atoms with Crippen LogP contribution in [0, 0.1) is 5.95 Å². The molecule has 0 aliphatic carbocycles. The normalized spacial score (nSPS) is 12.6. The fourth-order valence-electron chi connectivity index (χ4n) is 3.72. The molecule has 0 aliphatic rings. The van der Waals surface area contributed by atoms with Crippen molar-refractivity contribution >= 4 is 22.0 Å². The predicted octanol–water partition coefficient (Wildman–Crippen LogP) is 5.95. The molecule has 0 amide bonds. The van der Waals surface area contributed by atoms with E-state index in [-0.39, 0.29) is 11.0 Å². The summed E-state index contributed by atoms with van der Waals surface area (Å²) in [6, 6.07) is 19.9. The average Bonchev–Trinajstić information content (AvgIpc) is 3.18. The van der Waals surface area contributed by atoms with E-state index in [1.165, 1.54) is 6.07 Å². The van der Waals surface area contributed by atoms with Crippen molar-refractivity contribution in [2.24, 2.45) is 5.73 Å². The quantitative estimate of drug-likeness (QED) is 0.267. The van der Waals surface area contributed by atoms with Gasteiger partial charge >= 0.3 is 6.18 Å². The highest BCUT2D eigenvalue weighted by Crippen LogP contribution is 2.40. The molecule has 0 unspecified atom stereocenters. The monoisotopic (exact) mass is 455 g/mol. The van der Waals surface area contributed by atoms with E-state index in [0.29, 0.717) is 46.7 Å². The van der Waals surface area contributed by atoms with Gasteiger partial charge in [0.1, 0.15) is 12.4 Å². The van der Waals surface area contributed by atoms with Crippen LogP contribution in [0.3, 0.4) is 0 Å². The van der Waals surface area contributed by atoms with Gasteiger partial charge in [-0.05, 0) is 52.1 Å². The number of hydrogen-bond acceptors (Lipinski definition) is 3. The highest BCUT2D eigenvalue weighted by atomic mass is 19.4. The molecule has 0 fully saturated rings. The molecule has 1 heterocycles. The molecule has 33 heavy (non-hydrogen) atoms. The van der Waals surface area contributed by atoms with Gasteiger partial charge in [0.15, 0.2) is 0 Å². The zero-order valence-electron chi connectivity index (χ0n) is 17.5. The molecule has 0 saturated heterocycles. The van der Waals surface area contributed by atoms with Crippen LogP contribution in [0.2, 0.25) is 0 Å². The summed E-state index contributed by atoms with van der Waals surface area (Å²) in [6.45, 7) is 0.661. The molecule has 0 radical (unpaired) electrons. The van der Waals surface area contributed by atoms with Crippen molar-refractivity contribution in [3.05, 3.63) is 95.4 Å². The lowest BCUT2D eigenvalue weighted by atomic mass is 9.87. The lowest BCUT2D eigenvalue weighted by Gasteiger charge is -2.19. The molecule has 8 heteroatoms. The Labute approximate surface area is 187 Å². The summed E-state index contributed by atoms with van der Waals surface area (Å²) in [6.07, 6.45) is -5.60. The maximum Gasteiger partial charge on any atom is 0.393 e. The van der Waals surface area contributed by atoms with Gasteiger partial charge in [-0.3, -0.25) is 5.10 Å². The smallest absolute Gasteiger partial charge is 0.393 e. The van der Waals surface area contributed by atoms with Gasteiger partial charge in [-0.25, -0.2) is 0 Å². The van der Waals surface area contributed by atoms with Crippen LogP contribution in [0.4, 0.5) is 17.6 Å². The van der Waals surface area contributed by atoms with E-state index in [4.69, 9.17) is 10.5 Å². The Kier molecular flexibility index (Phi) is 6.46. The Balaban J connectivity index is 1.96. The number of rotatable bonds is 7. The first-order valence-corrected chi connectivity index (χ1v) is 10.3. The predicted molar refractivity (Wildman–Crippen MR) is 120 cm³/mol. The van der Waals surface area contributed by atoms with E-state index in [1.807, 2.05) is 0 Å². The minimum absolute atomic E-state index is 0.0852. The van der Waals surface area contributed by atoms with Crippen LogP contribution in [0.1, 0.15) is 23.1 Å². The zero-order chi connectivity index (χ0) is 23.4. The van der Waals surface area contributed by atoms with Crippen molar-refractivity contribution in [3.8, 4) is 5.75 Å². The SMILES string of the molecule is NCCOc1ccc(C(=C(CC(F)(F)F)c2ccccc2)c2ccc3n[nH]c(F)c3c2)cc1. The van der Waals surface area contributed by atoms with E-state index in [2.05, 4.69) is 10.2 Å². The Morgan fingerprint density at radius 2 is 1.61 bits per heavy atom. The summed E-state index contributed by atoms with van der Waals surface area (Å²) in [5, 5.41) is 6.34. The molecule has 0 aliphatic heterocycles. The molecule has 0 bridgehead atoms. The molecule has 1 aromatic heterocycles. The second kappa shape index (κ2) is 9.46. The summed E-state index contributed by atoms with van der Waals surface area (Å²) in [5.74, 6) is -0.0919. The van der Waals surface area contributed by atoms with Crippen molar-refractivity contribution in [2.45, 2.75) is 12.6 Å². The number of fused-ring (bicyclic) bond motifs is 1. The third-order valence-corrected chi connectivity index (χ3v) is 5.13. The maximum absolute atomic E-state index is 14.2. The van der Waals surface area contributed by atoms with Gasteiger partial charge in [0.05, 0.1) is 17.3 Å². The third kappa shape index (κ3) is 5.23. The number of allylic oxidation sites excluding steroid dienone is 1. The highest BCUT2D eigenvalue weighted by Gasteiger charge is 2.31. The largest absolute Gasteiger partial charge is 0.492 e. The summed E-state index contributed by atoms with van der Waals surface area (Å²) < 4.78 is 60.9. The number of ether oxygens (including phenoxy) is 1. The van der Waals surface area contributed by atoms with Crippen molar-refractivity contribution < 1.29 is 22.3 Å². The molecule has 170 valence electrons. The molecule has 3 aromatic carbocycles. The third-order valence-electron chi connectivity index (χ3n) is 5.13. The number of aromatic nitrogens is 2. The van der Waals surface area contributed by atoms with Gasteiger partial charge in [0.25, 0.3) is 0 Å². The van der Waals surface area contributed by atoms with E-state index in [9.17, 15) is 17.6 Å². The molecule has 4 rings (SSSR count). The number of H-pyrrole nitrogens is 1. The average molecular weight is 455 g/mol. The van der Waals surface area contributed by atoms with Crippen LogP contribution >= 0.6 is 0 Å². The lowest BCUT2D eigenvalue weighted by Crippen LogP contribution is -2.11. The van der Waals surface area contributed by atoms with E-state index >= 15 is 0 Å². The van der Waals surface area contributed by atoms with Crippen molar-refractivity contribution in [2.75, 3.05) is 13.2 Å². The Bertz CT molecular complexity index is 1260. The van der Waals surface area contributed by atoms with Gasteiger partial charge in [-0.1, -0.05) is 48.5 Å².